The molecule has 2 heteroatoms. The summed E-state index contributed by atoms with van der Waals surface area (Å²) in [4.78, 5) is 0. The Kier molecular flexibility index (Phi) is 4.74. The summed E-state index contributed by atoms with van der Waals surface area (Å²) in [6.07, 6.45) is 5.85. The normalized spacial score (nSPS) is 13.5. The second-order valence-corrected chi connectivity index (χ2v) is 4.01. The molecule has 0 amide bonds. The SMILES string of the molecule is C/C=C\N(/N=C\C)C(C)(C)C(C)C. The molecule has 76 valence electrons. The van der Waals surface area contributed by atoms with Gasteiger partial charge in [-0.1, -0.05) is 19.9 Å². The molecule has 13 heavy (non-hydrogen) atoms. The van der Waals surface area contributed by atoms with Crippen LogP contribution in [-0.4, -0.2) is 16.8 Å². The Balaban J connectivity index is 4.71. The zero-order valence-electron chi connectivity index (χ0n) is 9.70. The summed E-state index contributed by atoms with van der Waals surface area (Å²) in [6.45, 7) is 12.8. The van der Waals surface area contributed by atoms with E-state index in [1.54, 1.807) is 0 Å². The number of hydrazone groups is 1. The van der Waals surface area contributed by atoms with Gasteiger partial charge in [0, 0.05) is 12.4 Å². The van der Waals surface area contributed by atoms with Crippen LogP contribution >= 0.6 is 0 Å². The molecule has 0 bridgehead atoms. The van der Waals surface area contributed by atoms with Crippen molar-refractivity contribution in [3.05, 3.63) is 12.3 Å². The predicted molar refractivity (Wildman–Crippen MR) is 59.7 cm³/mol. The molecule has 0 aliphatic heterocycles. The van der Waals surface area contributed by atoms with Gasteiger partial charge in [0.25, 0.3) is 0 Å². The molecule has 0 aromatic rings. The summed E-state index contributed by atoms with van der Waals surface area (Å²) in [5, 5.41) is 6.34. The lowest BCUT2D eigenvalue weighted by atomic mass is 9.90. The summed E-state index contributed by atoms with van der Waals surface area (Å²) in [5.74, 6) is 0.562. The van der Waals surface area contributed by atoms with Crippen molar-refractivity contribution in [3.63, 3.8) is 0 Å². The van der Waals surface area contributed by atoms with Crippen LogP contribution in [0.3, 0.4) is 0 Å². The molecule has 0 radical (unpaired) electrons. The summed E-state index contributed by atoms with van der Waals surface area (Å²) in [7, 11) is 0. The maximum absolute atomic E-state index is 4.33. The van der Waals surface area contributed by atoms with Crippen molar-refractivity contribution < 1.29 is 0 Å². The van der Waals surface area contributed by atoms with Crippen LogP contribution in [0.4, 0.5) is 0 Å². The van der Waals surface area contributed by atoms with Crippen LogP contribution in [0, 0.1) is 5.92 Å². The van der Waals surface area contributed by atoms with Gasteiger partial charge in [0.1, 0.15) is 0 Å². The zero-order chi connectivity index (χ0) is 10.5. The van der Waals surface area contributed by atoms with Crippen molar-refractivity contribution >= 4 is 6.21 Å². The Labute approximate surface area is 82.3 Å². The van der Waals surface area contributed by atoms with E-state index >= 15 is 0 Å². The maximum Gasteiger partial charge on any atom is 0.0594 e. The molecule has 0 atom stereocenters. The van der Waals surface area contributed by atoms with E-state index in [-0.39, 0.29) is 5.54 Å². The van der Waals surface area contributed by atoms with E-state index in [1.165, 1.54) is 0 Å². The quantitative estimate of drug-likeness (QED) is 0.481. The smallest absolute Gasteiger partial charge is 0.0594 e. The second kappa shape index (κ2) is 5.05. The van der Waals surface area contributed by atoms with E-state index < -0.39 is 0 Å². The van der Waals surface area contributed by atoms with Crippen LogP contribution < -0.4 is 0 Å². The minimum atomic E-state index is 0.0685. The zero-order valence-corrected chi connectivity index (χ0v) is 9.70. The number of nitrogens with zero attached hydrogens (tertiary/aromatic N) is 2. The Morgan fingerprint density at radius 1 is 1.23 bits per heavy atom. The van der Waals surface area contributed by atoms with Gasteiger partial charge >= 0.3 is 0 Å². The summed E-state index contributed by atoms with van der Waals surface area (Å²) >= 11 is 0. The molecule has 0 aromatic carbocycles. The van der Waals surface area contributed by atoms with Gasteiger partial charge in [-0.05, 0) is 33.6 Å². The molecular weight excluding hydrogens is 160 g/mol. The van der Waals surface area contributed by atoms with Crippen LogP contribution in [0.25, 0.3) is 0 Å². The molecule has 0 rings (SSSR count). The molecule has 0 aliphatic rings. The molecule has 0 saturated carbocycles. The first-order chi connectivity index (χ1) is 5.96. The van der Waals surface area contributed by atoms with Gasteiger partial charge in [0.05, 0.1) is 5.54 Å². The first-order valence-electron chi connectivity index (χ1n) is 4.87. The van der Waals surface area contributed by atoms with Crippen LogP contribution in [0.1, 0.15) is 41.5 Å². The highest BCUT2D eigenvalue weighted by Gasteiger charge is 2.27. The average molecular weight is 182 g/mol. The van der Waals surface area contributed by atoms with E-state index in [4.69, 9.17) is 0 Å². The lowest BCUT2D eigenvalue weighted by Gasteiger charge is -2.37. The highest BCUT2D eigenvalue weighted by Crippen LogP contribution is 2.24. The lowest BCUT2D eigenvalue weighted by Crippen LogP contribution is -2.41. The van der Waals surface area contributed by atoms with Gasteiger partial charge in [-0.2, -0.15) is 5.10 Å². The van der Waals surface area contributed by atoms with Crippen molar-refractivity contribution in [1.29, 1.82) is 0 Å². The number of hydrogen-bond donors (Lipinski definition) is 0. The molecule has 0 saturated heterocycles. The van der Waals surface area contributed by atoms with Crippen molar-refractivity contribution in [3.8, 4) is 0 Å². The lowest BCUT2D eigenvalue weighted by molar-refractivity contribution is 0.134. The molecule has 0 unspecified atom stereocenters. The Bertz CT molecular complexity index is 178. The first-order valence-corrected chi connectivity index (χ1v) is 4.87. The van der Waals surface area contributed by atoms with Crippen molar-refractivity contribution in [1.82, 2.24) is 5.01 Å². The molecule has 0 aromatic heterocycles. The third kappa shape index (κ3) is 3.21. The number of allylic oxidation sites excluding steroid dienone is 1. The fraction of sp³-hybridized carbons (Fsp3) is 0.727. The molecule has 0 aliphatic carbocycles. The summed E-state index contributed by atoms with van der Waals surface area (Å²) < 4.78 is 0. The molecular formula is C11H22N2. The predicted octanol–water partition coefficient (Wildman–Crippen LogP) is 3.26. The molecule has 0 spiro atoms. The van der Waals surface area contributed by atoms with E-state index in [0.29, 0.717) is 5.92 Å². The summed E-state index contributed by atoms with van der Waals surface area (Å²) in [6, 6.07) is 0. The highest BCUT2D eigenvalue weighted by molar-refractivity contribution is 5.52. The second-order valence-electron chi connectivity index (χ2n) is 4.01. The Morgan fingerprint density at radius 2 is 1.77 bits per heavy atom. The van der Waals surface area contributed by atoms with Gasteiger partial charge < -0.3 is 0 Å². The highest BCUT2D eigenvalue weighted by atomic mass is 15.5. The van der Waals surface area contributed by atoms with E-state index in [0.717, 1.165) is 0 Å². The molecule has 0 heterocycles. The molecule has 0 fully saturated rings. The standard InChI is InChI=1S/C11H22N2/c1-7-9-13(12-8-2)11(5,6)10(3)4/h7-10H,1-6H3/b9-7-,12-8-. The fourth-order valence-electron chi connectivity index (χ4n) is 0.910. The van der Waals surface area contributed by atoms with E-state index in [9.17, 15) is 0 Å². The van der Waals surface area contributed by atoms with Gasteiger partial charge in [-0.25, -0.2) is 0 Å². The van der Waals surface area contributed by atoms with Crippen LogP contribution in [-0.2, 0) is 0 Å². The Morgan fingerprint density at radius 3 is 2.08 bits per heavy atom. The fourth-order valence-corrected chi connectivity index (χ4v) is 0.910. The van der Waals surface area contributed by atoms with E-state index in [1.807, 2.05) is 37.3 Å². The molecule has 2 nitrogen and oxygen atoms in total. The average Bonchev–Trinajstić information content (AvgIpc) is 2.03. The monoisotopic (exact) mass is 182 g/mol. The first kappa shape index (κ1) is 12.2. The molecule has 0 N–H and O–H groups in total. The minimum Gasteiger partial charge on any atom is -0.268 e. The van der Waals surface area contributed by atoms with Crippen molar-refractivity contribution in [2.75, 3.05) is 0 Å². The van der Waals surface area contributed by atoms with Crippen molar-refractivity contribution in [2.24, 2.45) is 11.0 Å². The van der Waals surface area contributed by atoms with Crippen molar-refractivity contribution in [2.45, 2.75) is 47.1 Å². The third-order valence-electron chi connectivity index (χ3n) is 2.53. The largest absolute Gasteiger partial charge is 0.268 e. The van der Waals surface area contributed by atoms with Crippen LogP contribution in [0.15, 0.2) is 17.4 Å². The van der Waals surface area contributed by atoms with Crippen LogP contribution in [0.5, 0.6) is 0 Å². The van der Waals surface area contributed by atoms with Gasteiger partial charge in [0.15, 0.2) is 0 Å². The van der Waals surface area contributed by atoms with Gasteiger partial charge in [-0.3, -0.25) is 5.01 Å². The minimum absolute atomic E-state index is 0.0685. The van der Waals surface area contributed by atoms with Crippen LogP contribution in [0.2, 0.25) is 0 Å². The van der Waals surface area contributed by atoms with Gasteiger partial charge in [0.2, 0.25) is 0 Å². The van der Waals surface area contributed by atoms with E-state index in [2.05, 4.69) is 32.8 Å². The summed E-state index contributed by atoms with van der Waals surface area (Å²) in [5.41, 5.74) is 0.0685. The van der Waals surface area contributed by atoms with Gasteiger partial charge in [-0.15, -0.1) is 0 Å². The maximum atomic E-state index is 4.33. The number of hydrogen-bond acceptors (Lipinski definition) is 2. The number of rotatable bonds is 4. The topological polar surface area (TPSA) is 15.6 Å². The Hall–Kier alpha value is -0.790. The third-order valence-corrected chi connectivity index (χ3v) is 2.53.